The van der Waals surface area contributed by atoms with Gasteiger partial charge in [-0.15, -0.1) is 26.3 Å². The largest absolute Gasteiger partial charge is 0.573 e. The predicted octanol–water partition coefficient (Wildman–Crippen LogP) is 5.91. The summed E-state index contributed by atoms with van der Waals surface area (Å²) in [4.78, 5) is 17.0. The van der Waals surface area contributed by atoms with E-state index < -0.39 is 35.8 Å². The first-order valence-corrected chi connectivity index (χ1v) is 11.1. The van der Waals surface area contributed by atoms with Crippen molar-refractivity contribution in [1.82, 2.24) is 20.5 Å². The van der Waals surface area contributed by atoms with Gasteiger partial charge in [0.05, 0.1) is 5.54 Å². The molecule has 2 amide bonds. The van der Waals surface area contributed by atoms with Crippen molar-refractivity contribution < 1.29 is 40.6 Å². The van der Waals surface area contributed by atoms with Crippen molar-refractivity contribution in [2.75, 3.05) is 5.32 Å². The van der Waals surface area contributed by atoms with Crippen LogP contribution in [-0.2, 0) is 12.0 Å². The molecule has 0 saturated heterocycles. The smallest absolute Gasteiger partial charge is 0.406 e. The number of H-pyrrole nitrogens is 1. The van der Waals surface area contributed by atoms with Gasteiger partial charge in [0.2, 0.25) is 5.95 Å². The summed E-state index contributed by atoms with van der Waals surface area (Å²) in [5.41, 5.74) is -0.988. The van der Waals surface area contributed by atoms with Crippen LogP contribution in [0.5, 0.6) is 11.5 Å². The fraction of sp³-hybridized carbons (Fsp3) is 0.160. The Morgan fingerprint density at radius 1 is 0.795 bits per heavy atom. The minimum atomic E-state index is -5.02. The molecule has 204 valence electrons. The van der Waals surface area contributed by atoms with Gasteiger partial charge in [0.15, 0.2) is 0 Å². The maximum absolute atomic E-state index is 13.2. The summed E-state index contributed by atoms with van der Waals surface area (Å²) in [5, 5.41) is 11.2. The van der Waals surface area contributed by atoms with E-state index in [1.54, 1.807) is 30.3 Å². The van der Waals surface area contributed by atoms with Gasteiger partial charge in [0, 0.05) is 6.42 Å². The lowest BCUT2D eigenvalue weighted by Gasteiger charge is -2.36. The number of aromatic nitrogens is 3. The molecule has 0 aliphatic rings. The summed E-state index contributed by atoms with van der Waals surface area (Å²) < 4.78 is 86.3. The highest BCUT2D eigenvalue weighted by atomic mass is 19.4. The van der Waals surface area contributed by atoms with E-state index in [9.17, 15) is 31.1 Å². The van der Waals surface area contributed by atoms with Crippen molar-refractivity contribution in [3.05, 3.63) is 102 Å². The Bertz CT molecular complexity index is 1340. The van der Waals surface area contributed by atoms with Gasteiger partial charge in [0.25, 0.3) is 0 Å². The number of carbonyl (C=O) groups is 1. The molecule has 0 radical (unpaired) electrons. The van der Waals surface area contributed by atoms with Gasteiger partial charge in [-0.25, -0.2) is 9.89 Å². The van der Waals surface area contributed by atoms with Gasteiger partial charge in [-0.1, -0.05) is 54.6 Å². The fourth-order valence-corrected chi connectivity index (χ4v) is 3.98. The minimum absolute atomic E-state index is 0.0515. The summed E-state index contributed by atoms with van der Waals surface area (Å²) in [6.07, 6.45) is -9.00. The van der Waals surface area contributed by atoms with Crippen molar-refractivity contribution in [2.45, 2.75) is 24.7 Å². The number of carbonyl (C=O) groups excluding carboxylic acids is 1. The molecule has 14 heteroatoms. The molecule has 0 saturated carbocycles. The summed E-state index contributed by atoms with van der Waals surface area (Å²) >= 11 is 0. The van der Waals surface area contributed by atoms with Crippen LogP contribution >= 0.6 is 0 Å². The summed E-state index contributed by atoms with van der Waals surface area (Å²) in [5.74, 6) is -1.25. The molecule has 1 heterocycles. The van der Waals surface area contributed by atoms with Crippen LogP contribution in [0.15, 0.2) is 85.2 Å². The monoisotopic (exact) mass is 551 g/mol. The lowest BCUT2D eigenvalue weighted by molar-refractivity contribution is -0.275. The number of anilines is 1. The molecule has 3 aromatic carbocycles. The quantitative estimate of drug-likeness (QED) is 0.237. The van der Waals surface area contributed by atoms with Crippen LogP contribution in [-0.4, -0.2) is 33.9 Å². The molecule has 3 N–H and O–H groups in total. The molecule has 4 rings (SSSR count). The molecule has 0 bridgehead atoms. The Morgan fingerprint density at radius 3 is 1.85 bits per heavy atom. The highest BCUT2D eigenvalue weighted by Crippen LogP contribution is 2.38. The highest BCUT2D eigenvalue weighted by molar-refractivity contribution is 5.88. The number of amides is 2. The SMILES string of the molecule is O=C(Nc1ncn[nH]1)NC(Cc1ccccc1)(c1cccc(OC(F)(F)F)c1)c1cccc(OC(F)(F)F)c1. The first kappa shape index (κ1) is 27.3. The van der Waals surface area contributed by atoms with Crippen LogP contribution in [0.4, 0.5) is 37.1 Å². The number of halogens is 6. The number of urea groups is 1. The van der Waals surface area contributed by atoms with E-state index in [0.717, 1.165) is 30.6 Å². The second-order valence-electron chi connectivity index (χ2n) is 8.13. The number of ether oxygens (including phenoxy) is 2. The maximum Gasteiger partial charge on any atom is 0.573 e. The van der Waals surface area contributed by atoms with Crippen LogP contribution in [0.2, 0.25) is 0 Å². The lowest BCUT2D eigenvalue weighted by Crippen LogP contribution is -2.50. The Morgan fingerprint density at radius 2 is 1.36 bits per heavy atom. The van der Waals surface area contributed by atoms with Crippen molar-refractivity contribution in [1.29, 1.82) is 0 Å². The Balaban J connectivity index is 1.89. The zero-order chi connectivity index (χ0) is 28.1. The van der Waals surface area contributed by atoms with Gasteiger partial charge in [-0.05, 0) is 41.0 Å². The molecule has 0 aliphatic carbocycles. The van der Waals surface area contributed by atoms with Crippen molar-refractivity contribution >= 4 is 12.0 Å². The topological polar surface area (TPSA) is 101 Å². The van der Waals surface area contributed by atoms with Crippen molar-refractivity contribution in [3.8, 4) is 11.5 Å². The standard InChI is InChI=1S/C25H19F6N5O3/c26-24(27,28)38-19-10-4-8-17(12-19)23(14-16-6-2-1-3-7-16,35-22(37)34-21-32-15-33-36-21)18-9-5-11-20(13-18)39-25(29,30)31/h1-13,15H,14H2,(H3,32,33,34,35,36,37). The zero-order valence-corrected chi connectivity index (χ0v) is 19.7. The van der Waals surface area contributed by atoms with E-state index in [1.807, 2.05) is 0 Å². The molecule has 1 aromatic heterocycles. The van der Waals surface area contributed by atoms with Crippen LogP contribution in [0.1, 0.15) is 16.7 Å². The van der Waals surface area contributed by atoms with E-state index in [-0.39, 0.29) is 23.5 Å². The fourth-order valence-electron chi connectivity index (χ4n) is 3.98. The number of hydrogen-bond acceptors (Lipinski definition) is 5. The molecular formula is C25H19F6N5O3. The predicted molar refractivity (Wildman–Crippen MR) is 126 cm³/mol. The average molecular weight is 551 g/mol. The number of aromatic amines is 1. The van der Waals surface area contributed by atoms with Crippen LogP contribution < -0.4 is 20.1 Å². The number of nitrogens with zero attached hydrogens (tertiary/aromatic N) is 2. The highest BCUT2D eigenvalue weighted by Gasteiger charge is 2.39. The van der Waals surface area contributed by atoms with Crippen molar-refractivity contribution in [2.24, 2.45) is 0 Å². The first-order valence-electron chi connectivity index (χ1n) is 11.1. The normalized spacial score (nSPS) is 12.1. The molecular weight excluding hydrogens is 532 g/mol. The summed E-state index contributed by atoms with van der Waals surface area (Å²) in [7, 11) is 0. The van der Waals surface area contributed by atoms with E-state index in [2.05, 4.69) is 35.3 Å². The molecule has 0 fully saturated rings. The third-order valence-corrected chi connectivity index (χ3v) is 5.41. The molecule has 0 spiro atoms. The van der Waals surface area contributed by atoms with E-state index in [4.69, 9.17) is 0 Å². The van der Waals surface area contributed by atoms with Crippen LogP contribution in [0, 0.1) is 0 Å². The summed E-state index contributed by atoms with van der Waals surface area (Å²) in [6, 6.07) is 17.2. The van der Waals surface area contributed by atoms with Gasteiger partial charge >= 0.3 is 18.8 Å². The Labute approximate surface area is 217 Å². The molecule has 0 atom stereocenters. The molecule has 4 aromatic rings. The Hall–Kier alpha value is -4.75. The van der Waals surface area contributed by atoms with Crippen LogP contribution in [0.3, 0.4) is 0 Å². The van der Waals surface area contributed by atoms with E-state index >= 15 is 0 Å². The van der Waals surface area contributed by atoms with Gasteiger partial charge < -0.3 is 14.8 Å². The Kier molecular flexibility index (Phi) is 7.65. The first-order chi connectivity index (χ1) is 18.4. The number of benzene rings is 3. The number of nitrogens with one attached hydrogen (secondary N) is 3. The molecule has 0 aliphatic heterocycles. The lowest BCUT2D eigenvalue weighted by atomic mass is 9.77. The second kappa shape index (κ2) is 10.9. The minimum Gasteiger partial charge on any atom is -0.406 e. The van der Waals surface area contributed by atoms with E-state index in [0.29, 0.717) is 5.56 Å². The van der Waals surface area contributed by atoms with Crippen molar-refractivity contribution in [3.63, 3.8) is 0 Å². The average Bonchev–Trinajstić information content (AvgIpc) is 3.35. The summed E-state index contributed by atoms with van der Waals surface area (Å²) in [6.45, 7) is 0. The number of hydrogen-bond donors (Lipinski definition) is 3. The van der Waals surface area contributed by atoms with Gasteiger partial charge in [-0.3, -0.25) is 5.32 Å². The molecule has 39 heavy (non-hydrogen) atoms. The van der Waals surface area contributed by atoms with Gasteiger partial charge in [0.1, 0.15) is 17.8 Å². The number of rotatable bonds is 8. The van der Waals surface area contributed by atoms with E-state index in [1.165, 1.54) is 24.3 Å². The zero-order valence-electron chi connectivity index (χ0n) is 19.7. The maximum atomic E-state index is 13.2. The number of alkyl halides is 6. The second-order valence-corrected chi connectivity index (χ2v) is 8.13. The van der Waals surface area contributed by atoms with Gasteiger partial charge in [-0.2, -0.15) is 10.1 Å². The third-order valence-electron chi connectivity index (χ3n) is 5.41. The van der Waals surface area contributed by atoms with Crippen LogP contribution in [0.25, 0.3) is 0 Å². The third kappa shape index (κ3) is 7.40. The molecule has 8 nitrogen and oxygen atoms in total. The molecule has 0 unspecified atom stereocenters.